The van der Waals surface area contributed by atoms with E-state index in [4.69, 9.17) is 0 Å². The lowest BCUT2D eigenvalue weighted by atomic mass is 9.95. The van der Waals surface area contributed by atoms with E-state index in [1.165, 1.54) is 6.07 Å². The summed E-state index contributed by atoms with van der Waals surface area (Å²) in [6.45, 7) is 6.05. The number of rotatable bonds is 6. The first-order chi connectivity index (χ1) is 13.5. The highest BCUT2D eigenvalue weighted by atomic mass is 19.1. The fraction of sp³-hybridized carbons (Fsp3) is 0.286. The Balaban J connectivity index is 1.62. The van der Waals surface area contributed by atoms with E-state index in [1.807, 2.05) is 37.3 Å². The van der Waals surface area contributed by atoms with E-state index in [2.05, 4.69) is 27.9 Å². The van der Waals surface area contributed by atoms with Gasteiger partial charge in [-0.2, -0.15) is 0 Å². The third-order valence-corrected chi connectivity index (χ3v) is 4.93. The lowest BCUT2D eigenvalue weighted by molar-refractivity contribution is 0.247. The average molecular weight is 381 g/mol. The summed E-state index contributed by atoms with van der Waals surface area (Å²) in [5.41, 5.74) is 2.32. The Hall–Kier alpha value is -3.22. The molecule has 2 amide bonds. The first-order valence-electron chi connectivity index (χ1n) is 9.21. The minimum atomic E-state index is -0.351. The fourth-order valence-corrected chi connectivity index (χ4v) is 2.93. The first-order valence-corrected chi connectivity index (χ1v) is 9.21. The largest absolute Gasteiger partial charge is 0.335 e. The first kappa shape index (κ1) is 19.5. The molecular formula is C21H24FN5O. The maximum atomic E-state index is 13.8. The molecule has 0 aliphatic rings. The van der Waals surface area contributed by atoms with Crippen LogP contribution in [0.3, 0.4) is 0 Å². The van der Waals surface area contributed by atoms with E-state index in [0.29, 0.717) is 17.1 Å². The Bertz CT molecular complexity index is 941. The van der Waals surface area contributed by atoms with Crippen LogP contribution in [0.4, 0.5) is 15.0 Å². The summed E-state index contributed by atoms with van der Waals surface area (Å²) in [7, 11) is 0. The number of halogens is 1. The molecule has 2 unspecified atom stereocenters. The van der Waals surface area contributed by atoms with Gasteiger partial charge in [0, 0.05) is 17.5 Å². The minimum Gasteiger partial charge on any atom is -0.335 e. The van der Waals surface area contributed by atoms with Crippen LogP contribution in [0.25, 0.3) is 0 Å². The lowest BCUT2D eigenvalue weighted by Gasteiger charge is -2.21. The topological polar surface area (TPSA) is 71.8 Å². The number of urea groups is 1. The van der Waals surface area contributed by atoms with Gasteiger partial charge in [0.15, 0.2) is 5.82 Å². The van der Waals surface area contributed by atoms with Crippen LogP contribution < -0.4 is 10.6 Å². The highest BCUT2D eigenvalue weighted by Crippen LogP contribution is 2.19. The molecular weight excluding hydrogens is 357 g/mol. The molecule has 1 aromatic heterocycles. The molecule has 0 saturated heterocycles. The van der Waals surface area contributed by atoms with Gasteiger partial charge < -0.3 is 5.32 Å². The molecule has 28 heavy (non-hydrogen) atoms. The number of amides is 2. The SMILES string of the molecule is Cc1c(NC(=O)NC(C)C(C)c2ccccc2)nnn1Cc1ccccc1F. The molecule has 0 radical (unpaired) electrons. The third-order valence-electron chi connectivity index (χ3n) is 4.93. The number of benzene rings is 2. The second-order valence-electron chi connectivity index (χ2n) is 6.86. The molecule has 0 saturated carbocycles. The summed E-state index contributed by atoms with van der Waals surface area (Å²) in [5.74, 6) is 0.214. The Kier molecular flexibility index (Phi) is 6.03. The van der Waals surface area contributed by atoms with Crippen molar-refractivity contribution in [2.75, 3.05) is 5.32 Å². The number of aromatic nitrogens is 3. The number of hydrogen-bond acceptors (Lipinski definition) is 3. The van der Waals surface area contributed by atoms with Gasteiger partial charge in [-0.3, -0.25) is 5.32 Å². The van der Waals surface area contributed by atoms with Crippen molar-refractivity contribution in [3.05, 3.63) is 77.2 Å². The zero-order chi connectivity index (χ0) is 20.1. The molecule has 2 aromatic carbocycles. The second-order valence-corrected chi connectivity index (χ2v) is 6.86. The van der Waals surface area contributed by atoms with Gasteiger partial charge in [-0.15, -0.1) is 5.10 Å². The second kappa shape index (κ2) is 8.65. The fourth-order valence-electron chi connectivity index (χ4n) is 2.93. The van der Waals surface area contributed by atoms with Crippen molar-refractivity contribution in [1.29, 1.82) is 0 Å². The average Bonchev–Trinajstić information content (AvgIpc) is 3.03. The summed E-state index contributed by atoms with van der Waals surface area (Å²) >= 11 is 0. The van der Waals surface area contributed by atoms with Crippen molar-refractivity contribution >= 4 is 11.8 Å². The number of carbonyl (C=O) groups excluding carboxylic acids is 1. The number of hydrogen-bond donors (Lipinski definition) is 2. The van der Waals surface area contributed by atoms with Crippen molar-refractivity contribution < 1.29 is 9.18 Å². The Morgan fingerprint density at radius 3 is 2.50 bits per heavy atom. The molecule has 3 aromatic rings. The van der Waals surface area contributed by atoms with E-state index < -0.39 is 0 Å². The summed E-state index contributed by atoms with van der Waals surface area (Å²) in [6.07, 6.45) is 0. The van der Waals surface area contributed by atoms with Gasteiger partial charge in [0.05, 0.1) is 12.2 Å². The minimum absolute atomic E-state index is 0.0730. The molecule has 146 valence electrons. The normalized spacial score (nSPS) is 13.0. The molecule has 0 aliphatic heterocycles. The van der Waals surface area contributed by atoms with Crippen LogP contribution in [0.15, 0.2) is 54.6 Å². The van der Waals surface area contributed by atoms with Gasteiger partial charge in [-0.1, -0.05) is 60.7 Å². The van der Waals surface area contributed by atoms with E-state index >= 15 is 0 Å². The van der Waals surface area contributed by atoms with Crippen LogP contribution in [-0.2, 0) is 6.54 Å². The van der Waals surface area contributed by atoms with Crippen LogP contribution in [0.2, 0.25) is 0 Å². The zero-order valence-electron chi connectivity index (χ0n) is 16.2. The van der Waals surface area contributed by atoms with Crippen molar-refractivity contribution in [2.45, 2.75) is 39.3 Å². The van der Waals surface area contributed by atoms with Crippen LogP contribution in [0.5, 0.6) is 0 Å². The summed E-state index contributed by atoms with van der Waals surface area (Å²) in [6, 6.07) is 16.1. The zero-order valence-corrected chi connectivity index (χ0v) is 16.2. The van der Waals surface area contributed by atoms with Gasteiger partial charge in [-0.05, 0) is 25.5 Å². The van der Waals surface area contributed by atoms with Crippen LogP contribution in [0.1, 0.15) is 36.6 Å². The van der Waals surface area contributed by atoms with Gasteiger partial charge in [0.2, 0.25) is 0 Å². The van der Waals surface area contributed by atoms with Gasteiger partial charge >= 0.3 is 6.03 Å². The van der Waals surface area contributed by atoms with E-state index in [9.17, 15) is 9.18 Å². The summed E-state index contributed by atoms with van der Waals surface area (Å²) in [5, 5.41) is 13.7. The van der Waals surface area contributed by atoms with Crippen molar-refractivity contribution in [2.24, 2.45) is 0 Å². The standard InChI is InChI=1S/C21H24FN5O/c1-14(17-9-5-4-6-10-17)15(2)23-21(28)24-20-16(3)27(26-25-20)13-18-11-7-8-12-19(18)22/h4-12,14-15H,13H2,1-3H3,(H2,23,24,28). The monoisotopic (exact) mass is 381 g/mol. The smallest absolute Gasteiger partial charge is 0.320 e. The van der Waals surface area contributed by atoms with Gasteiger partial charge in [-0.25, -0.2) is 13.9 Å². The van der Waals surface area contributed by atoms with Crippen LogP contribution in [-0.4, -0.2) is 27.1 Å². The van der Waals surface area contributed by atoms with Crippen LogP contribution >= 0.6 is 0 Å². The highest BCUT2D eigenvalue weighted by molar-refractivity contribution is 5.88. The number of anilines is 1. The number of nitrogens with zero attached hydrogens (tertiary/aromatic N) is 3. The highest BCUT2D eigenvalue weighted by Gasteiger charge is 2.18. The predicted octanol–water partition coefficient (Wildman–Crippen LogP) is 4.09. The Morgan fingerprint density at radius 1 is 1.11 bits per heavy atom. The molecule has 2 atom stereocenters. The Labute approximate surface area is 163 Å². The maximum Gasteiger partial charge on any atom is 0.320 e. The van der Waals surface area contributed by atoms with E-state index in [-0.39, 0.29) is 30.4 Å². The van der Waals surface area contributed by atoms with Crippen molar-refractivity contribution in [3.8, 4) is 0 Å². The third kappa shape index (κ3) is 4.54. The quantitative estimate of drug-likeness (QED) is 0.676. The Morgan fingerprint density at radius 2 is 1.79 bits per heavy atom. The van der Waals surface area contributed by atoms with Gasteiger partial charge in [0.1, 0.15) is 5.82 Å². The molecule has 7 heteroatoms. The lowest BCUT2D eigenvalue weighted by Crippen LogP contribution is -2.39. The molecule has 0 bridgehead atoms. The van der Waals surface area contributed by atoms with Crippen LogP contribution in [0, 0.1) is 12.7 Å². The van der Waals surface area contributed by atoms with E-state index in [0.717, 1.165) is 5.56 Å². The van der Waals surface area contributed by atoms with Crippen molar-refractivity contribution in [1.82, 2.24) is 20.3 Å². The molecule has 6 nitrogen and oxygen atoms in total. The molecule has 3 rings (SSSR count). The predicted molar refractivity (Wildman–Crippen MR) is 107 cm³/mol. The summed E-state index contributed by atoms with van der Waals surface area (Å²) < 4.78 is 15.4. The molecule has 0 aliphatic carbocycles. The van der Waals surface area contributed by atoms with E-state index in [1.54, 1.807) is 29.8 Å². The maximum absolute atomic E-state index is 13.8. The number of carbonyl (C=O) groups is 1. The van der Waals surface area contributed by atoms with Gasteiger partial charge in [0.25, 0.3) is 0 Å². The summed E-state index contributed by atoms with van der Waals surface area (Å²) in [4.78, 5) is 12.4. The van der Waals surface area contributed by atoms with Crippen molar-refractivity contribution in [3.63, 3.8) is 0 Å². The molecule has 0 fully saturated rings. The number of nitrogens with one attached hydrogen (secondary N) is 2. The molecule has 2 N–H and O–H groups in total. The molecule has 0 spiro atoms. The molecule has 1 heterocycles.